The number of nitrogens with zero attached hydrogens (tertiary/aromatic N) is 7. The highest BCUT2D eigenvalue weighted by molar-refractivity contribution is 6.09. The Morgan fingerprint density at radius 3 is 1.57 bits per heavy atom. The fourth-order valence-corrected chi connectivity index (χ4v) is 2.53. The van der Waals surface area contributed by atoms with Gasteiger partial charge < -0.3 is 24.7 Å². The van der Waals surface area contributed by atoms with E-state index in [4.69, 9.17) is 25.2 Å². The third-order valence-corrected chi connectivity index (χ3v) is 4.08. The molecule has 2 aromatic rings. The van der Waals surface area contributed by atoms with Gasteiger partial charge in [-0.1, -0.05) is 0 Å². The molecule has 0 saturated carbocycles. The Labute approximate surface area is 242 Å². The molecule has 0 aromatic carbocycles. The van der Waals surface area contributed by atoms with E-state index in [9.17, 15) is 24.4 Å². The van der Waals surface area contributed by atoms with Crippen molar-refractivity contribution >= 4 is 35.8 Å². The first-order valence-electron chi connectivity index (χ1n) is 12.2. The number of amides is 2. The van der Waals surface area contributed by atoms with Gasteiger partial charge in [0.15, 0.2) is 23.0 Å². The van der Waals surface area contributed by atoms with Crippen LogP contribution < -0.4 is 10.6 Å². The minimum atomic E-state index is -1.07. The standard InChI is InChI=1S/C18H24N4O6.C8H8N4O2/c1-11(23)26-10-12-9-20-14(13(8-19)21-12)22(15(24)27-17(2,3)4)16(25)28-18(5,6)7;1-5(13)14-4-6-3-11-8(10)7(2-9)12-6/h9H,10H2,1-7H3;3H,4H2,1H3,(H2,10,11). The number of aromatic nitrogens is 4. The van der Waals surface area contributed by atoms with Crippen molar-refractivity contribution in [1.82, 2.24) is 19.9 Å². The quantitative estimate of drug-likeness (QED) is 0.392. The summed E-state index contributed by atoms with van der Waals surface area (Å²) in [6, 6.07) is 3.55. The number of nitriles is 2. The van der Waals surface area contributed by atoms with E-state index in [0.29, 0.717) is 10.6 Å². The van der Waals surface area contributed by atoms with Gasteiger partial charge >= 0.3 is 24.1 Å². The number of anilines is 2. The number of nitrogen functional groups attached to an aromatic ring is 1. The number of ether oxygens (including phenoxy) is 4. The molecule has 0 bridgehead atoms. The molecule has 0 radical (unpaired) electrons. The van der Waals surface area contributed by atoms with Gasteiger partial charge in [0.2, 0.25) is 0 Å². The fourth-order valence-electron chi connectivity index (χ4n) is 2.53. The lowest BCUT2D eigenvalue weighted by Gasteiger charge is -2.28. The van der Waals surface area contributed by atoms with Gasteiger partial charge in [0, 0.05) is 13.8 Å². The minimum Gasteiger partial charge on any atom is -0.459 e. The number of imide groups is 1. The van der Waals surface area contributed by atoms with Crippen LogP contribution in [-0.2, 0) is 41.8 Å². The smallest absolute Gasteiger partial charge is 0.425 e. The molecule has 42 heavy (non-hydrogen) atoms. The molecule has 2 rings (SSSR count). The van der Waals surface area contributed by atoms with Gasteiger partial charge in [-0.25, -0.2) is 29.5 Å². The summed E-state index contributed by atoms with van der Waals surface area (Å²) in [5.41, 5.74) is 3.80. The molecule has 16 heteroatoms. The first-order chi connectivity index (χ1) is 19.4. The van der Waals surface area contributed by atoms with Gasteiger partial charge in [-0.2, -0.15) is 15.4 Å². The molecule has 0 atom stereocenters. The van der Waals surface area contributed by atoms with Gasteiger partial charge in [0.25, 0.3) is 0 Å². The van der Waals surface area contributed by atoms with Crippen LogP contribution in [0.25, 0.3) is 0 Å². The lowest BCUT2D eigenvalue weighted by atomic mass is 10.2. The lowest BCUT2D eigenvalue weighted by Crippen LogP contribution is -2.44. The molecule has 16 nitrogen and oxygen atoms in total. The molecule has 2 aromatic heterocycles. The topological polar surface area (TPSA) is 234 Å². The van der Waals surface area contributed by atoms with E-state index in [0.717, 1.165) is 0 Å². The van der Waals surface area contributed by atoms with Gasteiger partial charge in [-0.15, -0.1) is 0 Å². The number of nitrogens with two attached hydrogens (primary N) is 1. The zero-order valence-electron chi connectivity index (χ0n) is 24.5. The van der Waals surface area contributed by atoms with Crippen molar-refractivity contribution in [3.63, 3.8) is 0 Å². The Morgan fingerprint density at radius 2 is 1.19 bits per heavy atom. The zero-order chi connectivity index (χ0) is 32.3. The summed E-state index contributed by atoms with van der Waals surface area (Å²) in [6.45, 7) is 12.0. The van der Waals surface area contributed by atoms with Crippen molar-refractivity contribution in [2.45, 2.75) is 79.8 Å². The number of hydrogen-bond donors (Lipinski definition) is 1. The second kappa shape index (κ2) is 14.8. The van der Waals surface area contributed by atoms with Crippen molar-refractivity contribution in [1.29, 1.82) is 10.5 Å². The zero-order valence-corrected chi connectivity index (χ0v) is 24.5. The maximum absolute atomic E-state index is 12.6. The van der Waals surface area contributed by atoms with E-state index in [-0.39, 0.29) is 41.9 Å². The number of rotatable bonds is 5. The summed E-state index contributed by atoms with van der Waals surface area (Å²) < 4.78 is 20.0. The largest absolute Gasteiger partial charge is 0.459 e. The molecule has 224 valence electrons. The molecule has 2 amide bonds. The Hall–Kier alpha value is -5.38. The van der Waals surface area contributed by atoms with Crippen LogP contribution in [0.5, 0.6) is 0 Å². The second-order valence-electron chi connectivity index (χ2n) is 10.2. The Kier molecular flexibility index (Phi) is 12.2. The van der Waals surface area contributed by atoms with Crippen molar-refractivity contribution < 1.29 is 38.1 Å². The maximum Gasteiger partial charge on any atom is 0.425 e. The summed E-state index contributed by atoms with van der Waals surface area (Å²) in [5.74, 6) is -1.23. The summed E-state index contributed by atoms with van der Waals surface area (Å²) in [4.78, 5) is 62.7. The van der Waals surface area contributed by atoms with E-state index in [1.165, 1.54) is 26.2 Å². The van der Waals surface area contributed by atoms with Crippen LogP contribution in [0, 0.1) is 22.7 Å². The monoisotopic (exact) mass is 584 g/mol. The van der Waals surface area contributed by atoms with Gasteiger partial charge in [-0.05, 0) is 41.5 Å². The predicted octanol–water partition coefficient (Wildman–Crippen LogP) is 3.08. The van der Waals surface area contributed by atoms with Crippen molar-refractivity contribution in [2.24, 2.45) is 0 Å². The number of esters is 2. The molecule has 0 unspecified atom stereocenters. The number of hydrogen-bond acceptors (Lipinski definition) is 15. The van der Waals surface area contributed by atoms with Gasteiger partial charge in [0.1, 0.15) is 36.6 Å². The van der Waals surface area contributed by atoms with Gasteiger partial charge in [-0.3, -0.25) is 9.59 Å². The molecule has 0 aliphatic heterocycles. The van der Waals surface area contributed by atoms with Crippen LogP contribution in [0.1, 0.15) is 78.2 Å². The van der Waals surface area contributed by atoms with Crippen LogP contribution in [0.15, 0.2) is 12.4 Å². The fraction of sp³-hybridized carbons (Fsp3) is 0.462. The van der Waals surface area contributed by atoms with Crippen LogP contribution in [-0.4, -0.2) is 55.3 Å². The molecule has 0 aliphatic carbocycles. The Morgan fingerprint density at radius 1 is 0.786 bits per heavy atom. The van der Waals surface area contributed by atoms with Crippen LogP contribution in [0.2, 0.25) is 0 Å². The van der Waals surface area contributed by atoms with E-state index < -0.39 is 35.3 Å². The van der Waals surface area contributed by atoms with E-state index in [2.05, 4.69) is 24.7 Å². The third-order valence-electron chi connectivity index (χ3n) is 4.08. The Bertz CT molecular complexity index is 1370. The van der Waals surface area contributed by atoms with Crippen LogP contribution >= 0.6 is 0 Å². The molecule has 2 heterocycles. The molecule has 0 fully saturated rings. The number of carbonyl (C=O) groups is 4. The average Bonchev–Trinajstić information content (AvgIpc) is 2.85. The summed E-state index contributed by atoms with van der Waals surface area (Å²) in [7, 11) is 0. The third kappa shape index (κ3) is 12.2. The normalized spacial score (nSPS) is 10.5. The summed E-state index contributed by atoms with van der Waals surface area (Å²) in [5, 5.41) is 18.0. The highest BCUT2D eigenvalue weighted by Gasteiger charge is 2.35. The van der Waals surface area contributed by atoms with E-state index in [1.54, 1.807) is 53.7 Å². The SMILES string of the molecule is CC(=O)OCc1cnc(N(C(=O)OC(C)(C)C)C(=O)OC(C)(C)C)c(C#N)n1.CC(=O)OCc1cnc(N)c(C#N)n1. The minimum absolute atomic E-state index is 0.00269. The predicted molar refractivity (Wildman–Crippen MR) is 144 cm³/mol. The first kappa shape index (κ1) is 34.6. The summed E-state index contributed by atoms with van der Waals surface area (Å²) >= 11 is 0. The molecule has 2 N–H and O–H groups in total. The lowest BCUT2D eigenvalue weighted by molar-refractivity contribution is -0.143. The Balaban J connectivity index is 0.000000525. The van der Waals surface area contributed by atoms with Crippen molar-refractivity contribution in [2.75, 3.05) is 10.6 Å². The number of carbonyl (C=O) groups excluding carboxylic acids is 4. The molecule has 0 spiro atoms. The van der Waals surface area contributed by atoms with Crippen LogP contribution in [0.3, 0.4) is 0 Å². The first-order valence-corrected chi connectivity index (χ1v) is 12.2. The highest BCUT2D eigenvalue weighted by Crippen LogP contribution is 2.22. The maximum atomic E-state index is 12.6. The molecular formula is C26H32N8O8. The van der Waals surface area contributed by atoms with Gasteiger partial charge in [0.05, 0.1) is 23.8 Å². The second-order valence-corrected chi connectivity index (χ2v) is 10.2. The summed E-state index contributed by atoms with van der Waals surface area (Å²) in [6.07, 6.45) is 0.403. The van der Waals surface area contributed by atoms with E-state index >= 15 is 0 Å². The average molecular weight is 585 g/mol. The van der Waals surface area contributed by atoms with Crippen molar-refractivity contribution in [3.8, 4) is 12.1 Å². The molecular weight excluding hydrogens is 552 g/mol. The molecule has 0 aliphatic rings. The van der Waals surface area contributed by atoms with E-state index in [1.807, 2.05) is 0 Å². The van der Waals surface area contributed by atoms with Crippen LogP contribution in [0.4, 0.5) is 21.2 Å². The molecule has 0 saturated heterocycles. The highest BCUT2D eigenvalue weighted by atomic mass is 16.6. The van der Waals surface area contributed by atoms with Crippen molar-refractivity contribution in [3.05, 3.63) is 35.2 Å².